The summed E-state index contributed by atoms with van der Waals surface area (Å²) in [6.45, 7) is 2.34. The maximum absolute atomic E-state index is 11.2. The Morgan fingerprint density at radius 2 is 2.31 bits per heavy atom. The molecule has 2 atom stereocenters. The molecule has 1 rings (SSSR count). The van der Waals surface area contributed by atoms with Crippen LogP contribution in [0.5, 0.6) is 0 Å². The maximum atomic E-state index is 11.2. The summed E-state index contributed by atoms with van der Waals surface area (Å²) in [7, 11) is 1.34. The van der Waals surface area contributed by atoms with Crippen molar-refractivity contribution >= 4 is 5.97 Å². The van der Waals surface area contributed by atoms with Gasteiger partial charge in [-0.15, -0.1) is 0 Å². The van der Waals surface area contributed by atoms with Crippen LogP contribution in [0.3, 0.4) is 0 Å². The van der Waals surface area contributed by atoms with Crippen LogP contribution in [0.1, 0.15) is 27.2 Å². The second-order valence-electron chi connectivity index (χ2n) is 3.28. The number of esters is 1. The minimum absolute atomic E-state index is 0. The Balaban J connectivity index is 0.00000144. The largest absolute Gasteiger partial charge is 0.468 e. The number of hydrogen-bond donors (Lipinski definition) is 1. The van der Waals surface area contributed by atoms with Gasteiger partial charge in [0.05, 0.1) is 13.2 Å². The summed E-state index contributed by atoms with van der Waals surface area (Å²) in [4.78, 5) is 11.2. The fraction of sp³-hybridized carbons (Fsp3) is 0.889. The van der Waals surface area contributed by atoms with E-state index >= 15 is 0 Å². The Hall–Kier alpha value is -0.610. The molecule has 2 unspecified atom stereocenters. The highest BCUT2D eigenvalue weighted by Gasteiger charge is 2.41. The van der Waals surface area contributed by atoms with Crippen LogP contribution < -0.4 is 5.73 Å². The van der Waals surface area contributed by atoms with E-state index in [4.69, 9.17) is 10.5 Å². The molecule has 2 N–H and O–H groups in total. The second kappa shape index (κ2) is 4.58. The number of rotatable bonds is 2. The van der Waals surface area contributed by atoms with Crippen molar-refractivity contribution in [3.63, 3.8) is 0 Å². The molecule has 0 aromatic rings. The Bertz CT molecular complexity index is 174. The normalized spacial score (nSPS) is 25.9. The third-order valence-corrected chi connectivity index (χ3v) is 2.22. The van der Waals surface area contributed by atoms with Crippen LogP contribution in [0.2, 0.25) is 0 Å². The predicted molar refractivity (Wildman–Crippen MR) is 50.3 cm³/mol. The van der Waals surface area contributed by atoms with Gasteiger partial charge in [0.25, 0.3) is 0 Å². The van der Waals surface area contributed by atoms with Crippen molar-refractivity contribution in [2.75, 3.05) is 13.7 Å². The molecular formula is C9H19NO3. The number of methoxy groups -OCH3 is 1. The van der Waals surface area contributed by atoms with Crippen molar-refractivity contribution in [3.05, 3.63) is 0 Å². The van der Waals surface area contributed by atoms with Gasteiger partial charge in [0.2, 0.25) is 0 Å². The second-order valence-corrected chi connectivity index (χ2v) is 3.28. The van der Waals surface area contributed by atoms with Crippen LogP contribution in [0.15, 0.2) is 0 Å². The highest BCUT2D eigenvalue weighted by atomic mass is 16.5. The van der Waals surface area contributed by atoms with Crippen LogP contribution in [0.4, 0.5) is 0 Å². The van der Waals surface area contributed by atoms with Gasteiger partial charge < -0.3 is 15.2 Å². The van der Waals surface area contributed by atoms with Crippen LogP contribution in [-0.4, -0.2) is 31.3 Å². The van der Waals surface area contributed by atoms with Gasteiger partial charge in [0.15, 0.2) is 0 Å². The SMILES string of the molecule is C.COC(=O)C(C)(N)C1CCCO1. The highest BCUT2D eigenvalue weighted by Crippen LogP contribution is 2.22. The summed E-state index contributed by atoms with van der Waals surface area (Å²) in [5, 5.41) is 0. The first-order chi connectivity index (χ1) is 5.59. The van der Waals surface area contributed by atoms with E-state index in [0.29, 0.717) is 6.61 Å². The molecule has 0 aromatic heterocycles. The first-order valence-electron chi connectivity index (χ1n) is 4.08. The summed E-state index contributed by atoms with van der Waals surface area (Å²) in [5.74, 6) is -0.408. The number of carbonyl (C=O) groups excluding carboxylic acids is 1. The molecule has 0 aliphatic carbocycles. The Morgan fingerprint density at radius 3 is 2.69 bits per heavy atom. The molecule has 1 heterocycles. The van der Waals surface area contributed by atoms with Crippen molar-refractivity contribution in [2.24, 2.45) is 5.73 Å². The van der Waals surface area contributed by atoms with E-state index in [1.807, 2.05) is 0 Å². The van der Waals surface area contributed by atoms with E-state index < -0.39 is 11.5 Å². The van der Waals surface area contributed by atoms with Crippen molar-refractivity contribution in [2.45, 2.75) is 38.8 Å². The zero-order valence-corrected chi connectivity index (χ0v) is 7.50. The molecule has 4 heteroatoms. The third-order valence-electron chi connectivity index (χ3n) is 2.22. The number of hydrogen-bond acceptors (Lipinski definition) is 4. The van der Waals surface area contributed by atoms with Crippen molar-refractivity contribution in [3.8, 4) is 0 Å². The zero-order chi connectivity index (χ0) is 9.19. The van der Waals surface area contributed by atoms with E-state index in [-0.39, 0.29) is 13.5 Å². The lowest BCUT2D eigenvalue weighted by atomic mass is 9.94. The topological polar surface area (TPSA) is 61.5 Å². The van der Waals surface area contributed by atoms with Gasteiger partial charge in [-0.05, 0) is 19.8 Å². The minimum Gasteiger partial charge on any atom is -0.468 e. The van der Waals surface area contributed by atoms with Gasteiger partial charge in [0, 0.05) is 6.61 Å². The molecule has 4 nitrogen and oxygen atoms in total. The molecule has 1 saturated heterocycles. The van der Waals surface area contributed by atoms with E-state index in [1.165, 1.54) is 7.11 Å². The predicted octanol–water partition coefficient (Wildman–Crippen LogP) is 0.692. The Kier molecular flexibility index (Phi) is 4.36. The van der Waals surface area contributed by atoms with Gasteiger partial charge in [-0.1, -0.05) is 7.43 Å². The monoisotopic (exact) mass is 189 g/mol. The summed E-state index contributed by atoms with van der Waals surface area (Å²) in [6.07, 6.45) is 1.61. The summed E-state index contributed by atoms with van der Waals surface area (Å²) in [6, 6.07) is 0. The zero-order valence-electron chi connectivity index (χ0n) is 7.50. The third kappa shape index (κ3) is 2.42. The van der Waals surface area contributed by atoms with Crippen LogP contribution in [0.25, 0.3) is 0 Å². The lowest BCUT2D eigenvalue weighted by Crippen LogP contribution is -2.55. The Morgan fingerprint density at radius 1 is 1.69 bits per heavy atom. The van der Waals surface area contributed by atoms with Gasteiger partial charge in [-0.25, -0.2) is 4.79 Å². The standard InChI is InChI=1S/C8H15NO3.CH4/c1-8(9,7(10)11-2)6-4-3-5-12-6;/h6H,3-5,9H2,1-2H3;1H4. The number of carbonyl (C=O) groups is 1. The lowest BCUT2D eigenvalue weighted by Gasteiger charge is -2.27. The molecule has 0 radical (unpaired) electrons. The smallest absolute Gasteiger partial charge is 0.328 e. The van der Waals surface area contributed by atoms with E-state index in [9.17, 15) is 4.79 Å². The first kappa shape index (κ1) is 12.4. The molecule has 0 spiro atoms. The van der Waals surface area contributed by atoms with Crippen molar-refractivity contribution in [1.82, 2.24) is 0 Å². The van der Waals surface area contributed by atoms with E-state index in [0.717, 1.165) is 12.8 Å². The molecule has 78 valence electrons. The average molecular weight is 189 g/mol. The molecule has 0 bridgehead atoms. The fourth-order valence-corrected chi connectivity index (χ4v) is 1.40. The van der Waals surface area contributed by atoms with Gasteiger partial charge >= 0.3 is 5.97 Å². The van der Waals surface area contributed by atoms with Gasteiger partial charge in [0.1, 0.15) is 5.54 Å². The molecule has 13 heavy (non-hydrogen) atoms. The molecule has 0 aromatic carbocycles. The molecule has 1 fully saturated rings. The lowest BCUT2D eigenvalue weighted by molar-refractivity contribution is -0.151. The van der Waals surface area contributed by atoms with E-state index in [2.05, 4.69) is 4.74 Å². The van der Waals surface area contributed by atoms with Gasteiger partial charge in [-0.3, -0.25) is 0 Å². The highest BCUT2D eigenvalue weighted by molar-refractivity contribution is 5.80. The fourth-order valence-electron chi connectivity index (χ4n) is 1.40. The van der Waals surface area contributed by atoms with Crippen LogP contribution in [-0.2, 0) is 14.3 Å². The van der Waals surface area contributed by atoms with Gasteiger partial charge in [-0.2, -0.15) is 0 Å². The summed E-state index contributed by atoms with van der Waals surface area (Å²) in [5.41, 5.74) is 4.78. The molecule has 1 aliphatic rings. The minimum atomic E-state index is -0.995. The van der Waals surface area contributed by atoms with Crippen LogP contribution >= 0.6 is 0 Å². The quantitative estimate of drug-likeness (QED) is 0.649. The number of nitrogens with two attached hydrogens (primary N) is 1. The van der Waals surface area contributed by atoms with Crippen LogP contribution in [0, 0.1) is 0 Å². The van der Waals surface area contributed by atoms with Crippen molar-refractivity contribution < 1.29 is 14.3 Å². The Labute approximate surface area is 79.4 Å². The average Bonchev–Trinajstić information content (AvgIpc) is 2.55. The molecule has 1 aliphatic heterocycles. The van der Waals surface area contributed by atoms with Crippen molar-refractivity contribution in [1.29, 1.82) is 0 Å². The maximum Gasteiger partial charge on any atom is 0.328 e. The summed E-state index contributed by atoms with van der Waals surface area (Å²) >= 11 is 0. The van der Waals surface area contributed by atoms with E-state index in [1.54, 1.807) is 6.92 Å². The molecule has 0 amide bonds. The number of ether oxygens (including phenoxy) is 2. The molecule has 0 saturated carbocycles. The first-order valence-corrected chi connectivity index (χ1v) is 4.08. The summed E-state index contributed by atoms with van der Waals surface area (Å²) < 4.78 is 9.90. The molecular weight excluding hydrogens is 170 g/mol.